The van der Waals surface area contributed by atoms with Crippen molar-refractivity contribution < 1.29 is 12.8 Å². The molecule has 1 aromatic rings. The normalized spacial score (nSPS) is 33.7. The number of hydrogen-bond acceptors (Lipinski definition) is 2. The Balaban J connectivity index is 1.85. The van der Waals surface area contributed by atoms with Crippen LogP contribution in [0.5, 0.6) is 0 Å². The molecule has 0 aliphatic heterocycles. The molecular formula is C12H11Cl2FO2S. The standard InChI is InChI=1S/C12H11Cl2FO2S/c13-8-2-1-3-9(15)10(8)12-4-11(5-12,6-12)7-18(14,16)17/h1-3H,4-7H2. The quantitative estimate of drug-likeness (QED) is 0.801. The topological polar surface area (TPSA) is 34.1 Å². The van der Waals surface area contributed by atoms with Crippen LogP contribution < -0.4 is 0 Å². The molecule has 0 N–H and O–H groups in total. The minimum Gasteiger partial charge on any atom is -0.212 e. The number of halogens is 3. The van der Waals surface area contributed by atoms with Gasteiger partial charge in [0.1, 0.15) is 5.82 Å². The van der Waals surface area contributed by atoms with Gasteiger partial charge < -0.3 is 0 Å². The predicted octanol–water partition coefficient (Wildman–Crippen LogP) is 3.47. The summed E-state index contributed by atoms with van der Waals surface area (Å²) in [4.78, 5) is 0. The van der Waals surface area contributed by atoms with Crippen LogP contribution in [-0.4, -0.2) is 14.2 Å². The molecule has 0 spiro atoms. The van der Waals surface area contributed by atoms with E-state index in [9.17, 15) is 12.8 Å². The molecule has 4 rings (SSSR count). The first kappa shape index (κ1) is 12.7. The van der Waals surface area contributed by atoms with Crippen LogP contribution in [0.1, 0.15) is 24.8 Å². The molecule has 1 aromatic carbocycles. The van der Waals surface area contributed by atoms with Crippen molar-refractivity contribution in [2.24, 2.45) is 5.41 Å². The molecule has 98 valence electrons. The SMILES string of the molecule is O=S(=O)(Cl)CC12CC(c3c(F)cccc3Cl)(C1)C2. The molecule has 2 bridgehead atoms. The predicted molar refractivity (Wildman–Crippen MR) is 69.0 cm³/mol. The van der Waals surface area contributed by atoms with Gasteiger partial charge >= 0.3 is 0 Å². The van der Waals surface area contributed by atoms with Crippen LogP contribution in [0.4, 0.5) is 4.39 Å². The summed E-state index contributed by atoms with van der Waals surface area (Å²) in [6.45, 7) is 0. The van der Waals surface area contributed by atoms with Crippen LogP contribution in [0.15, 0.2) is 18.2 Å². The highest BCUT2D eigenvalue weighted by atomic mass is 35.7. The van der Waals surface area contributed by atoms with Gasteiger partial charge in [-0.3, -0.25) is 0 Å². The van der Waals surface area contributed by atoms with Crippen molar-refractivity contribution in [3.63, 3.8) is 0 Å². The summed E-state index contributed by atoms with van der Waals surface area (Å²) < 4.78 is 36.0. The van der Waals surface area contributed by atoms with Crippen LogP contribution in [0.2, 0.25) is 5.02 Å². The molecule has 3 saturated carbocycles. The van der Waals surface area contributed by atoms with E-state index in [-0.39, 0.29) is 22.4 Å². The number of hydrogen-bond donors (Lipinski definition) is 0. The molecule has 0 atom stereocenters. The summed E-state index contributed by atoms with van der Waals surface area (Å²) in [7, 11) is 1.79. The smallest absolute Gasteiger partial charge is 0.212 e. The molecule has 18 heavy (non-hydrogen) atoms. The molecule has 0 radical (unpaired) electrons. The van der Waals surface area contributed by atoms with Crippen LogP contribution in [0, 0.1) is 11.2 Å². The van der Waals surface area contributed by atoms with Gasteiger partial charge in [0.15, 0.2) is 0 Å². The average Bonchev–Trinajstić information content (AvgIpc) is 2.09. The Hall–Kier alpha value is -0.320. The lowest BCUT2D eigenvalue weighted by Gasteiger charge is -2.71. The van der Waals surface area contributed by atoms with Crippen LogP contribution in [0.25, 0.3) is 0 Å². The Morgan fingerprint density at radius 3 is 2.39 bits per heavy atom. The first-order chi connectivity index (χ1) is 8.25. The average molecular weight is 309 g/mol. The van der Waals surface area contributed by atoms with E-state index in [1.807, 2.05) is 0 Å². The van der Waals surface area contributed by atoms with Gasteiger partial charge in [-0.25, -0.2) is 12.8 Å². The van der Waals surface area contributed by atoms with Crippen molar-refractivity contribution in [1.82, 2.24) is 0 Å². The molecule has 0 saturated heterocycles. The molecule has 6 heteroatoms. The maximum Gasteiger partial charge on any atom is 0.233 e. The second-order valence-corrected chi connectivity index (χ2v) is 8.77. The monoisotopic (exact) mass is 308 g/mol. The lowest BCUT2D eigenvalue weighted by molar-refractivity contribution is -0.123. The second-order valence-electron chi connectivity index (χ2n) is 5.59. The van der Waals surface area contributed by atoms with E-state index in [2.05, 4.69) is 0 Å². The first-order valence-electron chi connectivity index (χ1n) is 5.62. The third-order valence-corrected chi connectivity index (χ3v) is 5.71. The van der Waals surface area contributed by atoms with E-state index in [0.29, 0.717) is 29.8 Å². The van der Waals surface area contributed by atoms with Gasteiger partial charge in [-0.15, -0.1) is 0 Å². The van der Waals surface area contributed by atoms with Gasteiger partial charge in [0, 0.05) is 26.7 Å². The van der Waals surface area contributed by atoms with Crippen LogP contribution in [0.3, 0.4) is 0 Å². The van der Waals surface area contributed by atoms with Crippen LogP contribution >= 0.6 is 22.3 Å². The van der Waals surface area contributed by atoms with E-state index >= 15 is 0 Å². The zero-order valence-electron chi connectivity index (χ0n) is 9.42. The Kier molecular flexibility index (Phi) is 2.55. The molecule has 3 fully saturated rings. The van der Waals surface area contributed by atoms with Crippen molar-refractivity contribution in [2.45, 2.75) is 24.7 Å². The highest BCUT2D eigenvalue weighted by Crippen LogP contribution is 2.74. The minimum atomic E-state index is -3.49. The third kappa shape index (κ3) is 1.77. The van der Waals surface area contributed by atoms with Crippen molar-refractivity contribution >= 4 is 31.3 Å². The van der Waals surface area contributed by atoms with E-state index in [0.717, 1.165) is 0 Å². The summed E-state index contributed by atoms with van der Waals surface area (Å²) in [5.41, 5.74) is 0.0384. The number of benzene rings is 1. The molecular weight excluding hydrogens is 298 g/mol. The maximum atomic E-state index is 13.8. The van der Waals surface area contributed by atoms with Crippen molar-refractivity contribution in [3.8, 4) is 0 Å². The van der Waals surface area contributed by atoms with Gasteiger partial charge in [0.25, 0.3) is 0 Å². The van der Waals surface area contributed by atoms with Gasteiger partial charge in [-0.05, 0) is 36.8 Å². The minimum absolute atomic E-state index is 0.0185. The number of rotatable bonds is 3. The molecule has 0 amide bonds. The first-order valence-corrected chi connectivity index (χ1v) is 8.48. The summed E-state index contributed by atoms with van der Waals surface area (Å²) in [6.07, 6.45) is 1.98. The van der Waals surface area contributed by atoms with Crippen molar-refractivity contribution in [3.05, 3.63) is 34.6 Å². The third-order valence-electron chi connectivity index (χ3n) is 4.11. The van der Waals surface area contributed by atoms with E-state index in [1.165, 1.54) is 6.07 Å². The summed E-state index contributed by atoms with van der Waals surface area (Å²) >= 11 is 6.05. The van der Waals surface area contributed by atoms with Gasteiger partial charge in [0.05, 0.1) is 5.75 Å². The lowest BCUT2D eigenvalue weighted by atomic mass is 9.34. The molecule has 3 aliphatic carbocycles. The summed E-state index contributed by atoms with van der Waals surface area (Å²) in [5, 5.41) is 0.428. The highest BCUT2D eigenvalue weighted by Gasteiger charge is 2.70. The summed E-state index contributed by atoms with van der Waals surface area (Å²) in [6, 6.07) is 4.64. The van der Waals surface area contributed by atoms with E-state index in [1.54, 1.807) is 12.1 Å². The Labute approximate surface area is 115 Å². The maximum absolute atomic E-state index is 13.8. The fraction of sp³-hybridized carbons (Fsp3) is 0.500. The van der Waals surface area contributed by atoms with E-state index in [4.69, 9.17) is 22.3 Å². The highest BCUT2D eigenvalue weighted by molar-refractivity contribution is 8.13. The fourth-order valence-corrected chi connectivity index (χ4v) is 5.88. The van der Waals surface area contributed by atoms with Crippen LogP contribution in [-0.2, 0) is 14.5 Å². The zero-order chi connectivity index (χ0) is 13.2. The molecule has 2 nitrogen and oxygen atoms in total. The molecule has 0 unspecified atom stereocenters. The Morgan fingerprint density at radius 2 is 1.89 bits per heavy atom. The van der Waals surface area contributed by atoms with Crippen molar-refractivity contribution in [1.29, 1.82) is 0 Å². The summed E-state index contributed by atoms with van der Waals surface area (Å²) in [5.74, 6) is -0.320. The lowest BCUT2D eigenvalue weighted by Crippen LogP contribution is -2.67. The Bertz CT molecular complexity index is 587. The zero-order valence-corrected chi connectivity index (χ0v) is 11.7. The largest absolute Gasteiger partial charge is 0.233 e. The van der Waals surface area contributed by atoms with E-state index < -0.39 is 9.05 Å². The van der Waals surface area contributed by atoms with Gasteiger partial charge in [-0.2, -0.15) is 0 Å². The molecule has 0 heterocycles. The molecule has 3 aliphatic rings. The molecule has 0 aromatic heterocycles. The van der Waals surface area contributed by atoms with Gasteiger partial charge in [0.2, 0.25) is 9.05 Å². The fourth-order valence-electron chi connectivity index (χ4n) is 3.79. The van der Waals surface area contributed by atoms with Crippen molar-refractivity contribution in [2.75, 3.05) is 5.75 Å². The second kappa shape index (κ2) is 3.62. The Morgan fingerprint density at radius 1 is 1.28 bits per heavy atom. The van der Waals surface area contributed by atoms with Gasteiger partial charge in [-0.1, -0.05) is 17.7 Å².